The van der Waals surface area contributed by atoms with Crippen LogP contribution in [0.3, 0.4) is 0 Å². The predicted molar refractivity (Wildman–Crippen MR) is 414 cm³/mol. The summed E-state index contributed by atoms with van der Waals surface area (Å²) >= 11 is 0. The number of nitrogens with zero attached hydrogens (tertiary/aromatic N) is 2. The average molecular weight is 1250 g/mol. The molecule has 0 bridgehead atoms. The summed E-state index contributed by atoms with van der Waals surface area (Å²) in [7, 11) is 0. The lowest BCUT2D eigenvalue weighted by Gasteiger charge is -2.28. The highest BCUT2D eigenvalue weighted by Gasteiger charge is 2.22. The SMILES string of the molecule is CCCCCCc1cc(-c2ccc(N(c3ccc(-c4ccc(-c5ccccc5)cc4)cc3)c3ccc(-c4cccc(C)c4)cc3)cc2C)c(CCCCCC)cc1-c1ccc(N(c2ccc(-c3ccc(-c4ccccc4)cc3)cc2)c2ccc(-c3cccc(C)c3)cc2)cc1C. The van der Waals surface area contributed by atoms with E-state index in [1.54, 1.807) is 0 Å². The van der Waals surface area contributed by atoms with Gasteiger partial charge in [-0.2, -0.15) is 0 Å². The molecule has 0 saturated carbocycles. The van der Waals surface area contributed by atoms with E-state index in [1.807, 2.05) is 0 Å². The van der Waals surface area contributed by atoms with Crippen molar-refractivity contribution in [1.82, 2.24) is 0 Å². The summed E-state index contributed by atoms with van der Waals surface area (Å²) in [5.74, 6) is 0. The second-order valence-corrected chi connectivity index (χ2v) is 26.3. The van der Waals surface area contributed by atoms with Crippen molar-refractivity contribution in [2.75, 3.05) is 9.80 Å². The number of unbranched alkanes of at least 4 members (excludes halogenated alkanes) is 6. The molecule has 0 heterocycles. The molecule has 2 nitrogen and oxygen atoms in total. The molecule has 0 amide bonds. The van der Waals surface area contributed by atoms with E-state index in [1.165, 1.54) is 161 Å². The number of anilines is 6. The summed E-state index contributed by atoms with van der Waals surface area (Å²) in [4.78, 5) is 4.87. The number of rotatable bonds is 24. The highest BCUT2D eigenvalue weighted by atomic mass is 15.1. The second kappa shape index (κ2) is 30.2. The van der Waals surface area contributed by atoms with Crippen molar-refractivity contribution in [2.24, 2.45) is 0 Å². The molecule has 0 aliphatic carbocycles. The van der Waals surface area contributed by atoms with E-state index in [-0.39, 0.29) is 0 Å². The van der Waals surface area contributed by atoms with E-state index in [9.17, 15) is 0 Å². The molecule has 2 heteroatoms. The van der Waals surface area contributed by atoms with E-state index >= 15 is 0 Å². The van der Waals surface area contributed by atoms with Gasteiger partial charge < -0.3 is 9.80 Å². The van der Waals surface area contributed by atoms with E-state index < -0.39 is 0 Å². The summed E-state index contributed by atoms with van der Waals surface area (Å²) in [6, 6.07) is 113. The third-order valence-corrected chi connectivity index (χ3v) is 19.3. The molecule has 474 valence electrons. The van der Waals surface area contributed by atoms with Gasteiger partial charge in [-0.3, -0.25) is 0 Å². The van der Waals surface area contributed by atoms with Gasteiger partial charge in [-0.15, -0.1) is 0 Å². The van der Waals surface area contributed by atoms with E-state index in [0.717, 1.165) is 59.8 Å². The van der Waals surface area contributed by atoms with Crippen molar-refractivity contribution in [3.63, 3.8) is 0 Å². The minimum atomic E-state index is 1.02. The van der Waals surface area contributed by atoms with Crippen LogP contribution >= 0.6 is 0 Å². The molecule has 0 fully saturated rings. The van der Waals surface area contributed by atoms with Crippen molar-refractivity contribution in [3.8, 4) is 89.0 Å². The molecule has 0 aliphatic heterocycles. The van der Waals surface area contributed by atoms with Gasteiger partial charge in [0.25, 0.3) is 0 Å². The van der Waals surface area contributed by atoms with E-state index in [4.69, 9.17) is 0 Å². The number of aryl methyl sites for hydroxylation is 6. The monoisotopic (exact) mass is 1240 g/mol. The Morgan fingerprint density at radius 1 is 0.208 bits per heavy atom. The Hall–Kier alpha value is -10.5. The molecule has 0 unspecified atom stereocenters. The van der Waals surface area contributed by atoms with Gasteiger partial charge >= 0.3 is 0 Å². The topological polar surface area (TPSA) is 6.48 Å². The van der Waals surface area contributed by atoms with Crippen molar-refractivity contribution in [3.05, 3.63) is 337 Å². The molecule has 0 spiro atoms. The first kappa shape index (κ1) is 64.2. The van der Waals surface area contributed by atoms with Crippen LogP contribution in [0.4, 0.5) is 34.1 Å². The Balaban J connectivity index is 0.865. The van der Waals surface area contributed by atoms with Gasteiger partial charge in [0.2, 0.25) is 0 Å². The van der Waals surface area contributed by atoms with Gasteiger partial charge in [0.15, 0.2) is 0 Å². The molecular weight excluding hydrogens is 1160 g/mol. The summed E-state index contributed by atoms with van der Waals surface area (Å²) < 4.78 is 0. The normalized spacial score (nSPS) is 11.2. The fourth-order valence-electron chi connectivity index (χ4n) is 14.0. The van der Waals surface area contributed by atoms with Crippen molar-refractivity contribution in [2.45, 2.75) is 106 Å². The molecule has 13 aromatic carbocycles. The first-order chi connectivity index (χ1) is 47.1. The molecule has 0 radical (unpaired) electrons. The predicted octanol–water partition coefficient (Wildman–Crippen LogP) is 27.4. The third-order valence-electron chi connectivity index (χ3n) is 19.3. The van der Waals surface area contributed by atoms with Crippen LogP contribution in [-0.4, -0.2) is 0 Å². The van der Waals surface area contributed by atoms with Crippen molar-refractivity contribution < 1.29 is 0 Å². The maximum Gasteiger partial charge on any atom is 0.0464 e. The quantitative estimate of drug-likeness (QED) is 0.0557. The van der Waals surface area contributed by atoms with Crippen molar-refractivity contribution >= 4 is 34.1 Å². The molecule has 96 heavy (non-hydrogen) atoms. The lowest BCUT2D eigenvalue weighted by atomic mass is 9.84. The Bertz CT molecular complexity index is 4390. The summed E-state index contributed by atoms with van der Waals surface area (Å²) in [6.07, 6.45) is 11.7. The minimum Gasteiger partial charge on any atom is -0.310 e. The third kappa shape index (κ3) is 14.9. The van der Waals surface area contributed by atoms with Gasteiger partial charge in [0, 0.05) is 34.1 Å². The first-order valence-electron chi connectivity index (χ1n) is 35.0. The van der Waals surface area contributed by atoms with Gasteiger partial charge in [0.05, 0.1) is 0 Å². The van der Waals surface area contributed by atoms with Gasteiger partial charge in [0.1, 0.15) is 0 Å². The minimum absolute atomic E-state index is 1.02. The Morgan fingerprint density at radius 3 is 0.771 bits per heavy atom. The molecule has 0 aliphatic rings. The molecule has 0 N–H and O–H groups in total. The van der Waals surface area contributed by atoms with Crippen LogP contribution in [0.1, 0.15) is 98.6 Å². The molecule has 0 aromatic heterocycles. The number of hydrogen-bond donors (Lipinski definition) is 0. The smallest absolute Gasteiger partial charge is 0.0464 e. The standard InChI is InChI=1S/C94H88N2/c1-7-9-11-15-29-83-65-94(92-60-58-90(64-70(92)6)96(88-55-47-80(48-56-88)82-32-22-24-68(4)62-82)86-51-43-78(44-52-86)76-39-35-74(36-40-76)72-27-19-14-20-28-72)84(30-16-12-10-8-2)66-93(83)91-59-57-89(63-69(91)5)95(87-53-45-79(46-54-87)81-31-21-23-67(3)61-81)85-49-41-77(42-50-85)75-37-33-73(34-38-75)71-25-17-13-18-26-71/h13-14,17-28,31-66H,7-12,15-16,29-30H2,1-6H3. The lowest BCUT2D eigenvalue weighted by Crippen LogP contribution is -2.10. The van der Waals surface area contributed by atoms with E-state index in [0.29, 0.717) is 0 Å². The Labute approximate surface area is 571 Å². The first-order valence-corrected chi connectivity index (χ1v) is 35.0. The lowest BCUT2D eigenvalue weighted by molar-refractivity contribution is 0.664. The molecule has 13 rings (SSSR count). The zero-order chi connectivity index (χ0) is 65.7. The van der Waals surface area contributed by atoms with Gasteiger partial charge in [-0.05, 0) is 237 Å². The van der Waals surface area contributed by atoms with Crippen LogP contribution in [0.5, 0.6) is 0 Å². The summed E-state index contributed by atoms with van der Waals surface area (Å²) in [5, 5.41) is 0. The van der Waals surface area contributed by atoms with E-state index in [2.05, 4.69) is 355 Å². The van der Waals surface area contributed by atoms with Crippen LogP contribution < -0.4 is 9.80 Å². The fourth-order valence-corrected chi connectivity index (χ4v) is 14.0. The van der Waals surface area contributed by atoms with Crippen LogP contribution in [0.2, 0.25) is 0 Å². The zero-order valence-corrected chi connectivity index (χ0v) is 56.8. The maximum absolute atomic E-state index is 2.61. The van der Waals surface area contributed by atoms with Crippen LogP contribution in [0, 0.1) is 27.7 Å². The molecular formula is C94H88N2. The Kier molecular flexibility index (Phi) is 20.2. The Morgan fingerprint density at radius 2 is 0.479 bits per heavy atom. The molecule has 13 aromatic rings. The molecule has 0 saturated heterocycles. The summed E-state index contributed by atoms with van der Waals surface area (Å²) in [5.41, 5.74) is 34.6. The van der Waals surface area contributed by atoms with Gasteiger partial charge in [-0.25, -0.2) is 0 Å². The average Bonchev–Trinajstić information content (AvgIpc) is 0.777. The second-order valence-electron chi connectivity index (χ2n) is 26.3. The highest BCUT2D eigenvalue weighted by molar-refractivity contribution is 5.87. The van der Waals surface area contributed by atoms with Crippen molar-refractivity contribution in [1.29, 1.82) is 0 Å². The number of hydrogen-bond acceptors (Lipinski definition) is 2. The van der Waals surface area contributed by atoms with Crippen LogP contribution in [0.25, 0.3) is 89.0 Å². The fraction of sp³-hybridized carbons (Fsp3) is 0.170. The summed E-state index contributed by atoms with van der Waals surface area (Å²) in [6.45, 7) is 13.6. The maximum atomic E-state index is 2.61. The van der Waals surface area contributed by atoms with Crippen LogP contribution in [-0.2, 0) is 12.8 Å². The molecule has 0 atom stereocenters. The van der Waals surface area contributed by atoms with Crippen LogP contribution in [0.15, 0.2) is 303 Å². The zero-order valence-electron chi connectivity index (χ0n) is 56.8. The van der Waals surface area contributed by atoms with Gasteiger partial charge in [-0.1, -0.05) is 294 Å². The largest absolute Gasteiger partial charge is 0.310 e. The highest BCUT2D eigenvalue weighted by Crippen LogP contribution is 2.44. The number of benzene rings is 13.